The summed E-state index contributed by atoms with van der Waals surface area (Å²) < 4.78 is 14.3. The minimum Gasteiger partial charge on any atom is -0.345 e. The van der Waals surface area contributed by atoms with Crippen LogP contribution < -0.4 is 5.32 Å². The van der Waals surface area contributed by atoms with E-state index in [1.165, 1.54) is 16.8 Å². The molecule has 3 rings (SSSR count). The molecule has 0 aliphatic heterocycles. The molecule has 0 bridgehead atoms. The average Bonchev–Trinajstić information content (AvgIpc) is 2.94. The molecule has 86 valence electrons. The van der Waals surface area contributed by atoms with Gasteiger partial charge in [0.2, 0.25) is 5.95 Å². The predicted octanol–water partition coefficient (Wildman–Crippen LogP) is -0.00640. The average molecular weight is 234 g/mol. The number of hydrogen-bond donors (Lipinski definition) is 2. The normalized spacial score (nSPS) is 10.9. The molecule has 0 saturated carbocycles. The molecule has 0 radical (unpaired) electrons. The van der Waals surface area contributed by atoms with E-state index in [0.29, 0.717) is 24.0 Å². The van der Waals surface area contributed by atoms with Crippen LogP contribution in [-0.2, 0) is 6.54 Å². The van der Waals surface area contributed by atoms with Crippen molar-refractivity contribution in [3.63, 3.8) is 0 Å². The minimum atomic E-state index is -0.368. The summed E-state index contributed by atoms with van der Waals surface area (Å²) in [6.45, 7) is 0.343. The highest BCUT2D eigenvalue weighted by Gasteiger charge is 2.05. The van der Waals surface area contributed by atoms with Gasteiger partial charge in [-0.3, -0.25) is 0 Å². The second kappa shape index (κ2) is 3.77. The Morgan fingerprint density at radius 2 is 2.35 bits per heavy atom. The summed E-state index contributed by atoms with van der Waals surface area (Å²) in [6, 6.07) is 2.87. The van der Waals surface area contributed by atoms with Crippen LogP contribution in [0.15, 0.2) is 18.3 Å². The molecule has 3 aromatic rings. The van der Waals surface area contributed by atoms with Gasteiger partial charge in [0.25, 0.3) is 0 Å². The van der Waals surface area contributed by atoms with Crippen molar-refractivity contribution in [1.82, 2.24) is 35.2 Å². The summed E-state index contributed by atoms with van der Waals surface area (Å²) in [5.41, 5.74) is 0.557. The standard InChI is InChI=1S/C8H7FN8/c9-5-1-2-7-11-8(14-17(7)4-5)10-3-6-12-15-16-13-6/h1-2,4H,3H2,(H,10,14)(H,12,13,15,16). The van der Waals surface area contributed by atoms with E-state index in [9.17, 15) is 4.39 Å². The summed E-state index contributed by atoms with van der Waals surface area (Å²) in [6.07, 6.45) is 1.25. The van der Waals surface area contributed by atoms with E-state index in [1.807, 2.05) is 0 Å². The Hall–Kier alpha value is -2.58. The van der Waals surface area contributed by atoms with Crippen LogP contribution in [0.1, 0.15) is 5.82 Å². The fourth-order valence-electron chi connectivity index (χ4n) is 1.35. The topological polar surface area (TPSA) is 96.7 Å². The van der Waals surface area contributed by atoms with Gasteiger partial charge in [0.05, 0.1) is 12.7 Å². The minimum absolute atomic E-state index is 0.343. The van der Waals surface area contributed by atoms with Crippen LogP contribution in [0.4, 0.5) is 10.3 Å². The second-order valence-electron chi connectivity index (χ2n) is 3.27. The molecule has 0 unspecified atom stereocenters. The Balaban J connectivity index is 1.81. The van der Waals surface area contributed by atoms with Gasteiger partial charge in [-0.2, -0.15) is 10.2 Å². The lowest BCUT2D eigenvalue weighted by Gasteiger charge is -1.94. The van der Waals surface area contributed by atoms with E-state index >= 15 is 0 Å². The Morgan fingerprint density at radius 3 is 3.18 bits per heavy atom. The Bertz CT molecular complexity index is 630. The van der Waals surface area contributed by atoms with Crippen LogP contribution >= 0.6 is 0 Å². The number of fused-ring (bicyclic) bond motifs is 1. The van der Waals surface area contributed by atoms with Crippen molar-refractivity contribution >= 4 is 11.6 Å². The van der Waals surface area contributed by atoms with Gasteiger partial charge in [-0.05, 0) is 12.1 Å². The van der Waals surface area contributed by atoms with Crippen LogP contribution in [0.25, 0.3) is 5.65 Å². The first-order valence-electron chi connectivity index (χ1n) is 4.79. The molecule has 0 atom stereocenters. The smallest absolute Gasteiger partial charge is 0.243 e. The number of hydrogen-bond acceptors (Lipinski definition) is 6. The number of tetrazole rings is 1. The number of nitrogens with one attached hydrogen (secondary N) is 2. The summed E-state index contributed by atoms with van der Waals surface area (Å²) in [5, 5.41) is 20.2. The van der Waals surface area contributed by atoms with Crippen molar-refractivity contribution in [2.75, 3.05) is 5.32 Å². The van der Waals surface area contributed by atoms with Crippen molar-refractivity contribution < 1.29 is 4.39 Å². The molecule has 0 aliphatic rings. The Kier molecular flexibility index (Phi) is 2.14. The molecular weight excluding hydrogens is 227 g/mol. The molecule has 0 aromatic carbocycles. The number of H-pyrrole nitrogens is 1. The molecule has 2 N–H and O–H groups in total. The summed E-state index contributed by atoms with van der Waals surface area (Å²) in [5.74, 6) is 0.502. The lowest BCUT2D eigenvalue weighted by Crippen LogP contribution is -2.03. The zero-order valence-corrected chi connectivity index (χ0v) is 8.50. The first-order chi connectivity index (χ1) is 8.31. The zero-order valence-electron chi connectivity index (χ0n) is 8.50. The van der Waals surface area contributed by atoms with Crippen LogP contribution in [0.2, 0.25) is 0 Å². The number of nitrogens with zero attached hydrogens (tertiary/aromatic N) is 6. The first kappa shape index (κ1) is 9.63. The van der Waals surface area contributed by atoms with Gasteiger partial charge in [0.15, 0.2) is 11.5 Å². The second-order valence-corrected chi connectivity index (χ2v) is 3.27. The van der Waals surface area contributed by atoms with Crippen molar-refractivity contribution in [2.24, 2.45) is 0 Å². The van der Waals surface area contributed by atoms with Gasteiger partial charge in [-0.1, -0.05) is 5.21 Å². The summed E-state index contributed by atoms with van der Waals surface area (Å²) in [4.78, 5) is 4.14. The number of halogens is 1. The fourth-order valence-corrected chi connectivity index (χ4v) is 1.35. The van der Waals surface area contributed by atoms with Crippen molar-refractivity contribution in [3.8, 4) is 0 Å². The molecule has 8 nitrogen and oxygen atoms in total. The molecule has 0 amide bonds. The lowest BCUT2D eigenvalue weighted by atomic mass is 10.5. The fraction of sp³-hybridized carbons (Fsp3) is 0.125. The molecule has 0 spiro atoms. The molecule has 3 aromatic heterocycles. The van der Waals surface area contributed by atoms with Crippen molar-refractivity contribution in [2.45, 2.75) is 6.54 Å². The third-order valence-corrected chi connectivity index (χ3v) is 2.09. The quantitative estimate of drug-likeness (QED) is 0.661. The lowest BCUT2D eigenvalue weighted by molar-refractivity contribution is 0.615. The largest absolute Gasteiger partial charge is 0.345 e. The maximum Gasteiger partial charge on any atom is 0.243 e. The molecule has 0 saturated heterocycles. The predicted molar refractivity (Wildman–Crippen MR) is 54.4 cm³/mol. The highest BCUT2D eigenvalue weighted by Crippen LogP contribution is 2.07. The van der Waals surface area contributed by atoms with Gasteiger partial charge in [-0.15, -0.1) is 15.3 Å². The van der Waals surface area contributed by atoms with Crippen LogP contribution in [0, 0.1) is 5.82 Å². The zero-order chi connectivity index (χ0) is 11.7. The van der Waals surface area contributed by atoms with E-state index in [0.717, 1.165) is 0 Å². The molecule has 9 heteroatoms. The number of aromatic amines is 1. The van der Waals surface area contributed by atoms with E-state index in [4.69, 9.17) is 0 Å². The summed E-state index contributed by atoms with van der Waals surface area (Å²) >= 11 is 0. The van der Waals surface area contributed by atoms with Crippen LogP contribution in [0.3, 0.4) is 0 Å². The van der Waals surface area contributed by atoms with Crippen molar-refractivity contribution in [1.29, 1.82) is 0 Å². The van der Waals surface area contributed by atoms with Gasteiger partial charge >= 0.3 is 0 Å². The molecule has 0 fully saturated rings. The summed E-state index contributed by atoms with van der Waals surface area (Å²) in [7, 11) is 0. The number of rotatable bonds is 3. The highest BCUT2D eigenvalue weighted by molar-refractivity contribution is 5.42. The first-order valence-corrected chi connectivity index (χ1v) is 4.79. The Labute approximate surface area is 93.9 Å². The molecular formula is C8H7FN8. The maximum atomic E-state index is 12.9. The van der Waals surface area contributed by atoms with E-state index in [2.05, 4.69) is 36.0 Å². The van der Waals surface area contributed by atoms with Gasteiger partial charge < -0.3 is 5.32 Å². The maximum absolute atomic E-state index is 12.9. The van der Waals surface area contributed by atoms with Crippen LogP contribution in [-0.4, -0.2) is 35.2 Å². The third-order valence-electron chi connectivity index (χ3n) is 2.09. The highest BCUT2D eigenvalue weighted by atomic mass is 19.1. The van der Waals surface area contributed by atoms with Gasteiger partial charge in [-0.25, -0.2) is 8.91 Å². The molecule has 3 heterocycles. The number of anilines is 1. The Morgan fingerprint density at radius 1 is 1.41 bits per heavy atom. The van der Waals surface area contributed by atoms with Gasteiger partial charge in [0.1, 0.15) is 5.82 Å². The van der Waals surface area contributed by atoms with E-state index in [1.54, 1.807) is 6.07 Å². The SMILES string of the molecule is Fc1ccc2nc(NCc3nn[nH]n3)nn2c1. The molecule has 17 heavy (non-hydrogen) atoms. The van der Waals surface area contributed by atoms with Crippen molar-refractivity contribution in [3.05, 3.63) is 30.0 Å². The number of aromatic nitrogens is 7. The van der Waals surface area contributed by atoms with Crippen LogP contribution in [0.5, 0.6) is 0 Å². The molecule has 0 aliphatic carbocycles. The van der Waals surface area contributed by atoms with E-state index in [-0.39, 0.29) is 5.82 Å². The monoisotopic (exact) mass is 234 g/mol. The van der Waals surface area contributed by atoms with E-state index < -0.39 is 0 Å². The number of pyridine rings is 1. The third kappa shape index (κ3) is 1.89. The van der Waals surface area contributed by atoms with Gasteiger partial charge in [0, 0.05) is 0 Å².